The highest BCUT2D eigenvalue weighted by molar-refractivity contribution is 5.71. The van der Waals surface area contributed by atoms with Gasteiger partial charge in [-0.1, -0.05) is 181 Å². The summed E-state index contributed by atoms with van der Waals surface area (Å²) in [6.45, 7) is 6.24. The van der Waals surface area contributed by atoms with E-state index in [1.807, 2.05) is 0 Å². The molecule has 0 aromatic carbocycles. The number of hydrogen-bond donors (Lipinski definition) is 0. The van der Waals surface area contributed by atoms with Crippen molar-refractivity contribution in [2.24, 2.45) is 0 Å². The van der Waals surface area contributed by atoms with Gasteiger partial charge < -0.3 is 14.2 Å². The summed E-state index contributed by atoms with van der Waals surface area (Å²) in [6, 6.07) is 0. The van der Waals surface area contributed by atoms with Crippen LogP contribution in [0.15, 0.2) is 122 Å². The molecule has 0 bridgehead atoms. The van der Waals surface area contributed by atoms with E-state index in [0.717, 1.165) is 103 Å². The zero-order valence-electron chi connectivity index (χ0n) is 39.6. The SMILES string of the molecule is CC/C=C\C/C=C\C/C=C\CCCCCCCCC(=O)OC(COC(=O)CCC/C=C\C/C=C\C/C=C\CC)COC(=O)CCC/C=C\C/C=C\C/C=C\C/C=C\CCCCC. The number of unbranched alkanes of at least 4 members (excludes halogenated alkanes) is 11. The van der Waals surface area contributed by atoms with Crippen LogP contribution in [0.25, 0.3) is 0 Å². The third-order valence-corrected chi connectivity index (χ3v) is 9.68. The lowest BCUT2D eigenvalue weighted by atomic mass is 10.1. The van der Waals surface area contributed by atoms with Crippen LogP contribution in [-0.4, -0.2) is 37.2 Å². The lowest BCUT2D eigenvalue weighted by Crippen LogP contribution is -2.30. The van der Waals surface area contributed by atoms with Gasteiger partial charge in [0, 0.05) is 19.3 Å². The second-order valence-electron chi connectivity index (χ2n) is 15.6. The average Bonchev–Trinajstić information content (AvgIpc) is 3.27. The second-order valence-corrected chi connectivity index (χ2v) is 15.6. The minimum Gasteiger partial charge on any atom is -0.462 e. The van der Waals surface area contributed by atoms with Gasteiger partial charge in [-0.15, -0.1) is 0 Å². The van der Waals surface area contributed by atoms with Gasteiger partial charge in [0.05, 0.1) is 0 Å². The largest absolute Gasteiger partial charge is 0.462 e. The molecule has 0 saturated heterocycles. The Bertz CT molecular complexity index is 1350. The van der Waals surface area contributed by atoms with E-state index in [0.29, 0.717) is 12.8 Å². The van der Waals surface area contributed by atoms with Gasteiger partial charge in [-0.05, 0) is 116 Å². The Balaban J connectivity index is 4.56. The third kappa shape index (κ3) is 46.9. The minimum absolute atomic E-state index is 0.131. The van der Waals surface area contributed by atoms with Crippen LogP contribution >= 0.6 is 0 Å². The highest BCUT2D eigenvalue weighted by atomic mass is 16.6. The number of esters is 3. The average molecular weight is 857 g/mol. The molecule has 0 fully saturated rings. The van der Waals surface area contributed by atoms with Crippen molar-refractivity contribution < 1.29 is 28.6 Å². The second kappa shape index (κ2) is 49.5. The maximum atomic E-state index is 12.8. The standard InChI is InChI=1S/C56H88O6/c1-4-7-10-13-16-19-22-24-26-28-30-31-34-37-40-43-46-49-55(58)61-52-53(51-60-54(57)48-45-42-39-36-33-21-18-15-12-9-6-3)62-56(59)50-47-44-41-38-35-32-29-27-25-23-20-17-14-11-8-5-2/h8-9,11-12,16-21,24-27,30-31,36-37,39-40,53H,4-7,10,13-15,22-23,28-29,32-35,38,41-52H2,1-3H3/b11-8-,12-9-,19-16-,20-17-,21-18-,26-24-,27-25-,31-30-,39-36-,40-37-. The smallest absolute Gasteiger partial charge is 0.306 e. The topological polar surface area (TPSA) is 78.9 Å². The summed E-state index contributed by atoms with van der Waals surface area (Å²) in [5, 5.41) is 0. The maximum absolute atomic E-state index is 12.8. The fourth-order valence-electron chi connectivity index (χ4n) is 6.06. The number of carbonyl (C=O) groups is 3. The first-order valence-corrected chi connectivity index (χ1v) is 24.5. The van der Waals surface area contributed by atoms with Crippen LogP contribution in [0.4, 0.5) is 0 Å². The van der Waals surface area contributed by atoms with E-state index in [-0.39, 0.29) is 50.4 Å². The van der Waals surface area contributed by atoms with Crippen molar-refractivity contribution in [1.82, 2.24) is 0 Å². The van der Waals surface area contributed by atoms with Crippen LogP contribution in [0.5, 0.6) is 0 Å². The summed E-state index contributed by atoms with van der Waals surface area (Å²) in [7, 11) is 0. The van der Waals surface area contributed by atoms with Crippen LogP contribution in [0, 0.1) is 0 Å². The molecule has 62 heavy (non-hydrogen) atoms. The third-order valence-electron chi connectivity index (χ3n) is 9.68. The predicted molar refractivity (Wildman–Crippen MR) is 265 cm³/mol. The van der Waals surface area contributed by atoms with Gasteiger partial charge in [0.25, 0.3) is 0 Å². The lowest BCUT2D eigenvalue weighted by Gasteiger charge is -2.18. The van der Waals surface area contributed by atoms with Gasteiger partial charge in [0.2, 0.25) is 0 Å². The fourth-order valence-corrected chi connectivity index (χ4v) is 6.06. The van der Waals surface area contributed by atoms with Gasteiger partial charge >= 0.3 is 17.9 Å². The molecule has 0 amide bonds. The Hall–Kier alpha value is -4.19. The van der Waals surface area contributed by atoms with E-state index in [2.05, 4.69) is 142 Å². The van der Waals surface area contributed by atoms with Gasteiger partial charge in [0.1, 0.15) is 13.2 Å². The number of hydrogen-bond acceptors (Lipinski definition) is 6. The van der Waals surface area contributed by atoms with E-state index in [9.17, 15) is 14.4 Å². The van der Waals surface area contributed by atoms with Crippen molar-refractivity contribution in [3.05, 3.63) is 122 Å². The quantitative estimate of drug-likeness (QED) is 0.0263. The van der Waals surface area contributed by atoms with E-state index in [1.165, 1.54) is 38.5 Å². The molecule has 0 aliphatic heterocycles. The molecule has 0 aliphatic rings. The van der Waals surface area contributed by atoms with Crippen molar-refractivity contribution in [2.45, 2.75) is 200 Å². The summed E-state index contributed by atoms with van der Waals surface area (Å²) in [4.78, 5) is 37.8. The van der Waals surface area contributed by atoms with Crippen LogP contribution in [0.3, 0.4) is 0 Å². The van der Waals surface area contributed by atoms with E-state index in [1.54, 1.807) is 0 Å². The van der Waals surface area contributed by atoms with Gasteiger partial charge in [-0.25, -0.2) is 0 Å². The molecule has 0 radical (unpaired) electrons. The number of allylic oxidation sites excluding steroid dienone is 20. The van der Waals surface area contributed by atoms with Crippen LogP contribution in [0.2, 0.25) is 0 Å². The first-order valence-electron chi connectivity index (χ1n) is 24.5. The van der Waals surface area contributed by atoms with Gasteiger partial charge in [0.15, 0.2) is 6.10 Å². The molecule has 0 rings (SSSR count). The molecule has 0 aromatic rings. The number of rotatable bonds is 42. The molecule has 0 aromatic heterocycles. The fraction of sp³-hybridized carbons (Fsp3) is 0.589. The zero-order chi connectivity index (χ0) is 45.1. The molecule has 0 aliphatic carbocycles. The van der Waals surface area contributed by atoms with Gasteiger partial charge in [-0.3, -0.25) is 14.4 Å². The molecule has 0 spiro atoms. The van der Waals surface area contributed by atoms with Crippen molar-refractivity contribution in [3.63, 3.8) is 0 Å². The molecule has 0 heterocycles. The molecular weight excluding hydrogens is 769 g/mol. The Morgan fingerprint density at radius 3 is 1.03 bits per heavy atom. The number of ether oxygens (including phenoxy) is 3. The molecular formula is C56H88O6. The Labute approximate surface area is 380 Å². The molecule has 1 atom stereocenters. The summed E-state index contributed by atoms with van der Waals surface area (Å²) >= 11 is 0. The van der Waals surface area contributed by atoms with Crippen molar-refractivity contribution in [1.29, 1.82) is 0 Å². The van der Waals surface area contributed by atoms with Crippen LogP contribution < -0.4 is 0 Å². The molecule has 348 valence electrons. The predicted octanol–water partition coefficient (Wildman–Crippen LogP) is 16.1. The monoisotopic (exact) mass is 857 g/mol. The first-order chi connectivity index (χ1) is 30.5. The normalized spacial score (nSPS) is 13.1. The van der Waals surface area contributed by atoms with Crippen molar-refractivity contribution in [2.75, 3.05) is 13.2 Å². The minimum atomic E-state index is -0.829. The lowest BCUT2D eigenvalue weighted by molar-refractivity contribution is -0.167. The molecule has 6 nitrogen and oxygen atoms in total. The van der Waals surface area contributed by atoms with E-state index >= 15 is 0 Å². The zero-order valence-corrected chi connectivity index (χ0v) is 39.6. The highest BCUT2D eigenvalue weighted by Crippen LogP contribution is 2.12. The molecule has 1 unspecified atom stereocenters. The molecule has 0 saturated carbocycles. The molecule has 0 N–H and O–H groups in total. The maximum Gasteiger partial charge on any atom is 0.306 e. The summed E-state index contributed by atoms with van der Waals surface area (Å²) in [6.07, 6.45) is 67.7. The van der Waals surface area contributed by atoms with Crippen molar-refractivity contribution in [3.8, 4) is 0 Å². The van der Waals surface area contributed by atoms with E-state index in [4.69, 9.17) is 14.2 Å². The summed E-state index contributed by atoms with van der Waals surface area (Å²) < 4.78 is 16.6. The van der Waals surface area contributed by atoms with Crippen LogP contribution in [0.1, 0.15) is 194 Å². The van der Waals surface area contributed by atoms with Crippen molar-refractivity contribution >= 4 is 17.9 Å². The number of carbonyl (C=O) groups excluding carboxylic acids is 3. The highest BCUT2D eigenvalue weighted by Gasteiger charge is 2.19. The molecule has 6 heteroatoms. The van der Waals surface area contributed by atoms with Crippen LogP contribution in [-0.2, 0) is 28.6 Å². The van der Waals surface area contributed by atoms with E-state index < -0.39 is 6.10 Å². The first kappa shape index (κ1) is 57.8. The Kier molecular flexibility index (Phi) is 46.1. The Morgan fingerprint density at radius 2 is 0.645 bits per heavy atom. The Morgan fingerprint density at radius 1 is 0.339 bits per heavy atom. The summed E-state index contributed by atoms with van der Waals surface area (Å²) in [5.74, 6) is -1.06. The summed E-state index contributed by atoms with van der Waals surface area (Å²) in [5.41, 5.74) is 0. The van der Waals surface area contributed by atoms with Gasteiger partial charge in [-0.2, -0.15) is 0 Å².